The van der Waals surface area contributed by atoms with E-state index in [1.54, 1.807) is 22.7 Å². The summed E-state index contributed by atoms with van der Waals surface area (Å²) in [6, 6.07) is 5.70. The van der Waals surface area contributed by atoms with Crippen LogP contribution in [0.15, 0.2) is 42.7 Å². The van der Waals surface area contributed by atoms with Crippen molar-refractivity contribution >= 4 is 11.6 Å². The molecule has 1 aromatic carbocycles. The van der Waals surface area contributed by atoms with Crippen molar-refractivity contribution in [3.8, 4) is 5.75 Å². The lowest BCUT2D eigenvalue weighted by Gasteiger charge is -2.35. The minimum Gasteiger partial charge on any atom is -0.490 e. The number of amides is 1. The number of ether oxygens (including phenoxy) is 1. The van der Waals surface area contributed by atoms with E-state index in [0.717, 1.165) is 12.1 Å². The number of hydrogen-bond donors (Lipinski definition) is 2. The molecule has 2 heterocycles. The minimum absolute atomic E-state index is 0.0724. The molecule has 0 radical (unpaired) electrons. The van der Waals surface area contributed by atoms with Crippen LogP contribution >= 0.6 is 0 Å². The molecule has 10 heteroatoms. The summed E-state index contributed by atoms with van der Waals surface area (Å²) in [6.07, 6.45) is -1.30. The van der Waals surface area contributed by atoms with Gasteiger partial charge in [0.15, 0.2) is 0 Å². The predicted molar refractivity (Wildman–Crippen MR) is 97.4 cm³/mol. The number of hydrogen-bond acceptors (Lipinski definition) is 4. The number of nitrogens with one attached hydrogen (secondary N) is 1. The van der Waals surface area contributed by atoms with E-state index in [1.165, 1.54) is 6.20 Å². The number of carbonyl (C=O) groups excluding carboxylic acids is 1. The zero-order valence-electron chi connectivity index (χ0n) is 15.5. The third kappa shape index (κ3) is 3.82. The molecule has 30 heavy (non-hydrogen) atoms. The van der Waals surface area contributed by atoms with Crippen LogP contribution in [0.25, 0.3) is 5.65 Å². The summed E-state index contributed by atoms with van der Waals surface area (Å²) in [6.45, 7) is -0.205. The second-order valence-corrected chi connectivity index (χ2v) is 7.05. The van der Waals surface area contributed by atoms with Crippen LogP contribution in [-0.4, -0.2) is 32.5 Å². The predicted octanol–water partition coefficient (Wildman–Crippen LogP) is 3.32. The van der Waals surface area contributed by atoms with Crippen molar-refractivity contribution in [2.45, 2.75) is 37.8 Å². The number of aliphatic hydroxyl groups excluding tert-OH is 1. The van der Waals surface area contributed by atoms with E-state index in [2.05, 4.69) is 10.3 Å². The van der Waals surface area contributed by atoms with E-state index in [4.69, 9.17) is 4.74 Å². The average molecular weight is 423 g/mol. The summed E-state index contributed by atoms with van der Waals surface area (Å²) in [5, 5.41) is 12.2. The fourth-order valence-corrected chi connectivity index (χ4v) is 3.39. The molecule has 3 aromatic rings. The quantitative estimate of drug-likeness (QED) is 0.618. The molecule has 1 aliphatic carbocycles. The van der Waals surface area contributed by atoms with E-state index >= 15 is 0 Å². The van der Waals surface area contributed by atoms with Crippen LogP contribution in [0.2, 0.25) is 0 Å². The van der Waals surface area contributed by atoms with Crippen molar-refractivity contribution in [1.82, 2.24) is 14.7 Å². The molecule has 1 fully saturated rings. The zero-order chi connectivity index (χ0) is 21.5. The SMILES string of the molecule is O=C(NC1CC(Oc2ccc(F)c(C(F)(F)F)c2)C1)c1cnc2c(CO)cccn12. The van der Waals surface area contributed by atoms with Crippen molar-refractivity contribution in [3.05, 3.63) is 65.4 Å². The van der Waals surface area contributed by atoms with Gasteiger partial charge in [0.05, 0.1) is 18.4 Å². The second kappa shape index (κ2) is 7.60. The van der Waals surface area contributed by atoms with Crippen molar-refractivity contribution < 1.29 is 32.2 Å². The van der Waals surface area contributed by atoms with Gasteiger partial charge in [-0.05, 0) is 24.3 Å². The molecule has 158 valence electrons. The standard InChI is InChI=1S/C20H17F4N3O3/c21-16-4-3-13(8-15(16)20(22,23)24)30-14-6-12(7-14)26-19(29)17-9-25-18-11(10-28)2-1-5-27(17)18/h1-5,8-9,12,14,28H,6-7,10H2,(H,26,29). The number of pyridine rings is 1. The molecule has 2 aromatic heterocycles. The van der Waals surface area contributed by atoms with E-state index in [9.17, 15) is 27.5 Å². The van der Waals surface area contributed by atoms with Gasteiger partial charge in [-0.25, -0.2) is 9.37 Å². The van der Waals surface area contributed by atoms with Crippen LogP contribution in [0.5, 0.6) is 5.75 Å². The number of aliphatic hydroxyl groups is 1. The third-order valence-corrected chi connectivity index (χ3v) is 5.00. The van der Waals surface area contributed by atoms with Gasteiger partial charge in [0.2, 0.25) is 0 Å². The lowest BCUT2D eigenvalue weighted by molar-refractivity contribution is -0.140. The highest BCUT2D eigenvalue weighted by atomic mass is 19.4. The Labute approximate surface area is 168 Å². The zero-order valence-corrected chi connectivity index (χ0v) is 15.5. The molecule has 1 saturated carbocycles. The summed E-state index contributed by atoms with van der Waals surface area (Å²) >= 11 is 0. The minimum atomic E-state index is -4.80. The molecule has 0 aliphatic heterocycles. The molecule has 2 N–H and O–H groups in total. The van der Waals surface area contributed by atoms with Gasteiger partial charge in [-0.15, -0.1) is 0 Å². The number of fused-ring (bicyclic) bond motifs is 1. The van der Waals surface area contributed by atoms with Crippen LogP contribution in [0.4, 0.5) is 17.6 Å². The van der Waals surface area contributed by atoms with Crippen molar-refractivity contribution in [1.29, 1.82) is 0 Å². The van der Waals surface area contributed by atoms with E-state index in [1.807, 2.05) is 0 Å². The highest BCUT2D eigenvalue weighted by Crippen LogP contribution is 2.35. The van der Waals surface area contributed by atoms with E-state index < -0.39 is 17.6 Å². The smallest absolute Gasteiger partial charge is 0.419 e. The van der Waals surface area contributed by atoms with Gasteiger partial charge in [0.25, 0.3) is 5.91 Å². The molecular formula is C20H17F4N3O3. The average Bonchev–Trinajstić information content (AvgIpc) is 3.11. The molecule has 0 saturated heterocycles. The number of halogens is 4. The Balaban J connectivity index is 1.36. The lowest BCUT2D eigenvalue weighted by Crippen LogP contribution is -2.49. The first-order chi connectivity index (χ1) is 14.3. The number of aromatic nitrogens is 2. The Bertz CT molecular complexity index is 1090. The molecular weight excluding hydrogens is 406 g/mol. The number of benzene rings is 1. The molecule has 0 bridgehead atoms. The Morgan fingerprint density at radius 2 is 2.07 bits per heavy atom. The maximum atomic E-state index is 13.4. The Morgan fingerprint density at radius 3 is 2.77 bits per heavy atom. The van der Waals surface area contributed by atoms with Crippen LogP contribution in [0.3, 0.4) is 0 Å². The van der Waals surface area contributed by atoms with Gasteiger partial charge in [-0.1, -0.05) is 6.07 Å². The van der Waals surface area contributed by atoms with Crippen LogP contribution in [0.1, 0.15) is 34.5 Å². The molecule has 1 aliphatic rings. The normalized spacial score (nSPS) is 18.8. The van der Waals surface area contributed by atoms with E-state index in [-0.39, 0.29) is 30.4 Å². The lowest BCUT2D eigenvalue weighted by atomic mass is 9.89. The third-order valence-electron chi connectivity index (χ3n) is 5.00. The number of nitrogens with zero attached hydrogens (tertiary/aromatic N) is 2. The number of alkyl halides is 3. The molecule has 1 amide bonds. The first-order valence-corrected chi connectivity index (χ1v) is 9.16. The van der Waals surface area contributed by atoms with Gasteiger partial charge in [0, 0.05) is 30.6 Å². The van der Waals surface area contributed by atoms with Gasteiger partial charge in [-0.2, -0.15) is 13.2 Å². The molecule has 4 rings (SSSR count). The van der Waals surface area contributed by atoms with Gasteiger partial charge in [0.1, 0.15) is 29.0 Å². The number of carbonyl (C=O) groups is 1. The monoisotopic (exact) mass is 423 g/mol. The molecule has 6 nitrogen and oxygen atoms in total. The number of rotatable bonds is 5. The fourth-order valence-electron chi connectivity index (χ4n) is 3.39. The molecule has 0 atom stereocenters. The van der Waals surface area contributed by atoms with Crippen LogP contribution in [0, 0.1) is 5.82 Å². The highest BCUT2D eigenvalue weighted by molar-refractivity contribution is 5.93. The summed E-state index contributed by atoms with van der Waals surface area (Å²) in [4.78, 5) is 16.7. The van der Waals surface area contributed by atoms with E-state index in [0.29, 0.717) is 35.8 Å². The van der Waals surface area contributed by atoms with Gasteiger partial charge < -0.3 is 15.2 Å². The topological polar surface area (TPSA) is 75.9 Å². The Hall–Kier alpha value is -3.14. The largest absolute Gasteiger partial charge is 0.490 e. The summed E-state index contributed by atoms with van der Waals surface area (Å²) in [7, 11) is 0. The maximum Gasteiger partial charge on any atom is 0.419 e. The van der Waals surface area contributed by atoms with Crippen molar-refractivity contribution in [2.75, 3.05) is 0 Å². The fraction of sp³-hybridized carbons (Fsp3) is 0.300. The van der Waals surface area contributed by atoms with Crippen molar-refractivity contribution in [3.63, 3.8) is 0 Å². The summed E-state index contributed by atoms with van der Waals surface area (Å²) in [5.74, 6) is -1.79. The second-order valence-electron chi connectivity index (χ2n) is 7.05. The Morgan fingerprint density at radius 1 is 1.30 bits per heavy atom. The summed E-state index contributed by atoms with van der Waals surface area (Å²) in [5.41, 5.74) is -0.0000115. The van der Waals surface area contributed by atoms with Crippen LogP contribution in [-0.2, 0) is 12.8 Å². The molecule has 0 spiro atoms. The molecule has 0 unspecified atom stereocenters. The summed E-state index contributed by atoms with van der Waals surface area (Å²) < 4.78 is 58.8. The Kier molecular flexibility index (Phi) is 5.10. The first-order valence-electron chi connectivity index (χ1n) is 9.16. The van der Waals surface area contributed by atoms with Gasteiger partial charge in [-0.3, -0.25) is 9.20 Å². The van der Waals surface area contributed by atoms with Crippen molar-refractivity contribution in [2.24, 2.45) is 0 Å². The maximum absolute atomic E-state index is 13.4. The van der Waals surface area contributed by atoms with Gasteiger partial charge >= 0.3 is 6.18 Å². The van der Waals surface area contributed by atoms with Crippen LogP contribution < -0.4 is 10.1 Å². The number of imidazole rings is 1. The highest BCUT2D eigenvalue weighted by Gasteiger charge is 2.36. The first kappa shape index (κ1) is 20.1.